The number of fused-ring (bicyclic) bond motifs is 3. The second kappa shape index (κ2) is 8.70. The molecule has 0 spiro atoms. The number of ether oxygens (including phenoxy) is 1. The number of carbonyl (C=O) groups is 3. The van der Waals surface area contributed by atoms with Gasteiger partial charge in [-0.05, 0) is 53.4 Å². The third-order valence-corrected chi connectivity index (χ3v) is 7.99. The molecule has 1 atom stereocenters. The molecule has 1 aliphatic heterocycles. The molecule has 2 amide bonds. The summed E-state index contributed by atoms with van der Waals surface area (Å²) in [7, 11) is 0. The number of carbonyl (C=O) groups excluding carboxylic acids is 2. The van der Waals surface area contributed by atoms with Crippen LogP contribution in [0.15, 0.2) is 48.5 Å². The van der Waals surface area contributed by atoms with E-state index in [1.54, 1.807) is 0 Å². The van der Waals surface area contributed by atoms with Crippen molar-refractivity contribution in [2.45, 2.75) is 51.5 Å². The van der Waals surface area contributed by atoms with E-state index < -0.39 is 28.9 Å². The van der Waals surface area contributed by atoms with Crippen LogP contribution in [-0.4, -0.2) is 53.7 Å². The fraction of sp³-hybridized carbons (Fsp3) is 0.464. The number of hydrogen-bond donors (Lipinski definition) is 2. The molecular weight excluding hydrogens is 444 g/mol. The number of piperidine rings is 1. The first-order valence-electron chi connectivity index (χ1n) is 12.4. The smallest absolute Gasteiger partial charge is 0.407 e. The van der Waals surface area contributed by atoms with E-state index in [0.29, 0.717) is 19.4 Å². The lowest BCUT2D eigenvalue weighted by atomic mass is 9.76. The molecule has 35 heavy (non-hydrogen) atoms. The third kappa shape index (κ3) is 4.17. The number of rotatable bonds is 6. The van der Waals surface area contributed by atoms with Gasteiger partial charge in [0.2, 0.25) is 5.91 Å². The van der Waals surface area contributed by atoms with E-state index in [1.165, 1.54) is 4.90 Å². The van der Waals surface area contributed by atoms with E-state index in [0.717, 1.165) is 35.1 Å². The minimum absolute atomic E-state index is 0.0310. The lowest BCUT2D eigenvalue weighted by molar-refractivity contribution is -0.161. The van der Waals surface area contributed by atoms with Crippen LogP contribution in [0.2, 0.25) is 0 Å². The van der Waals surface area contributed by atoms with E-state index in [4.69, 9.17) is 4.74 Å². The molecule has 184 valence electrons. The van der Waals surface area contributed by atoms with Gasteiger partial charge in [-0.15, -0.1) is 0 Å². The quantitative estimate of drug-likeness (QED) is 0.644. The first-order valence-corrected chi connectivity index (χ1v) is 12.4. The first-order chi connectivity index (χ1) is 16.7. The summed E-state index contributed by atoms with van der Waals surface area (Å²) >= 11 is 0. The van der Waals surface area contributed by atoms with Crippen molar-refractivity contribution in [2.24, 2.45) is 10.8 Å². The Kier molecular flexibility index (Phi) is 5.82. The molecule has 2 aromatic carbocycles. The summed E-state index contributed by atoms with van der Waals surface area (Å²) < 4.78 is 5.61. The number of carboxylic acids is 1. The Morgan fingerprint density at radius 1 is 1.00 bits per heavy atom. The zero-order valence-electron chi connectivity index (χ0n) is 20.3. The maximum atomic E-state index is 13.4. The number of alkyl carbamates (subject to hydrolysis) is 1. The predicted octanol–water partition coefficient (Wildman–Crippen LogP) is 4.41. The molecule has 3 aliphatic rings. The highest BCUT2D eigenvalue weighted by molar-refractivity contribution is 5.90. The zero-order chi connectivity index (χ0) is 24.8. The predicted molar refractivity (Wildman–Crippen MR) is 131 cm³/mol. The molecule has 0 radical (unpaired) electrons. The van der Waals surface area contributed by atoms with Gasteiger partial charge in [-0.3, -0.25) is 4.79 Å². The fourth-order valence-corrected chi connectivity index (χ4v) is 5.89. The second-order valence-electron chi connectivity index (χ2n) is 10.8. The Balaban J connectivity index is 1.21. The summed E-state index contributed by atoms with van der Waals surface area (Å²) in [6.45, 7) is 4.61. The molecule has 1 saturated heterocycles. The van der Waals surface area contributed by atoms with Crippen molar-refractivity contribution in [3.63, 3.8) is 0 Å². The van der Waals surface area contributed by atoms with Crippen LogP contribution in [0.5, 0.6) is 0 Å². The first kappa shape index (κ1) is 23.4. The molecule has 2 aliphatic carbocycles. The molecule has 2 aromatic rings. The Morgan fingerprint density at radius 3 is 2.17 bits per heavy atom. The van der Waals surface area contributed by atoms with Crippen molar-refractivity contribution in [1.29, 1.82) is 0 Å². The van der Waals surface area contributed by atoms with Gasteiger partial charge < -0.3 is 20.1 Å². The van der Waals surface area contributed by atoms with Crippen molar-refractivity contribution in [3.05, 3.63) is 59.7 Å². The third-order valence-electron chi connectivity index (χ3n) is 7.99. The average Bonchev–Trinajstić information content (AvgIpc) is 3.56. The van der Waals surface area contributed by atoms with Crippen molar-refractivity contribution in [3.8, 4) is 11.1 Å². The zero-order valence-corrected chi connectivity index (χ0v) is 20.3. The standard InChI is InChI=1S/C28H32N2O5/c1-27(2)12-7-15-30(23(27)24(31)32)25(33)28(13-14-28)17-29-26(34)35-16-22-20-10-5-3-8-18(20)19-9-4-6-11-21(19)22/h3-6,8-11,22-23H,7,12-17H2,1-2H3,(H,29,34)(H,31,32). The highest BCUT2D eigenvalue weighted by Gasteiger charge is 2.56. The maximum absolute atomic E-state index is 13.4. The van der Waals surface area contributed by atoms with E-state index in [2.05, 4.69) is 29.6 Å². The van der Waals surface area contributed by atoms with Gasteiger partial charge in [-0.2, -0.15) is 0 Å². The monoisotopic (exact) mass is 476 g/mol. The van der Waals surface area contributed by atoms with Crippen LogP contribution in [0.4, 0.5) is 4.79 Å². The van der Waals surface area contributed by atoms with Crippen LogP contribution in [0, 0.1) is 10.8 Å². The number of hydrogen-bond acceptors (Lipinski definition) is 4. The van der Waals surface area contributed by atoms with Crippen LogP contribution in [0.3, 0.4) is 0 Å². The number of carboxylic acid groups (broad SMARTS) is 1. The van der Waals surface area contributed by atoms with E-state index in [-0.39, 0.29) is 25.0 Å². The molecule has 1 saturated carbocycles. The van der Waals surface area contributed by atoms with Gasteiger partial charge >= 0.3 is 12.1 Å². The largest absolute Gasteiger partial charge is 0.480 e. The molecule has 7 heteroatoms. The van der Waals surface area contributed by atoms with Gasteiger partial charge in [0.15, 0.2) is 0 Å². The van der Waals surface area contributed by atoms with Gasteiger partial charge in [-0.25, -0.2) is 9.59 Å². The van der Waals surface area contributed by atoms with Gasteiger partial charge in [-0.1, -0.05) is 62.4 Å². The SMILES string of the molecule is CC1(C)CCCN(C(=O)C2(CNC(=O)OCC3c4ccccc4-c4ccccc43)CC2)C1C(=O)O. The van der Waals surface area contributed by atoms with Crippen LogP contribution in [0.25, 0.3) is 11.1 Å². The highest BCUT2D eigenvalue weighted by atomic mass is 16.5. The Bertz CT molecular complexity index is 1120. The normalized spacial score (nSPS) is 21.5. The summed E-state index contributed by atoms with van der Waals surface area (Å²) in [5, 5.41) is 12.6. The van der Waals surface area contributed by atoms with Crippen LogP contribution in [0.1, 0.15) is 56.6 Å². The second-order valence-corrected chi connectivity index (χ2v) is 10.8. The summed E-state index contributed by atoms with van der Waals surface area (Å²) in [6, 6.07) is 15.5. The van der Waals surface area contributed by atoms with Gasteiger partial charge in [0.05, 0.1) is 5.41 Å². The summed E-state index contributed by atoms with van der Waals surface area (Å²) in [5.41, 5.74) is 3.39. The molecule has 1 unspecified atom stereocenters. The summed E-state index contributed by atoms with van der Waals surface area (Å²) in [4.78, 5) is 39.6. The van der Waals surface area contributed by atoms with Crippen LogP contribution in [-0.2, 0) is 14.3 Å². The summed E-state index contributed by atoms with van der Waals surface area (Å²) in [6.07, 6.45) is 2.26. The molecule has 5 rings (SSSR count). The summed E-state index contributed by atoms with van der Waals surface area (Å²) in [5.74, 6) is -1.17. The number of likely N-dealkylation sites (tertiary alicyclic amines) is 1. The van der Waals surface area contributed by atoms with Crippen LogP contribution < -0.4 is 5.32 Å². The number of nitrogens with zero attached hydrogens (tertiary/aromatic N) is 1. The number of nitrogens with one attached hydrogen (secondary N) is 1. The number of aliphatic carboxylic acids is 1. The molecule has 7 nitrogen and oxygen atoms in total. The van der Waals surface area contributed by atoms with E-state index in [9.17, 15) is 19.5 Å². The van der Waals surface area contributed by atoms with Gasteiger partial charge in [0.1, 0.15) is 12.6 Å². The molecule has 0 bridgehead atoms. The fourth-order valence-electron chi connectivity index (χ4n) is 5.89. The molecular formula is C28H32N2O5. The van der Waals surface area contributed by atoms with Gasteiger partial charge in [0.25, 0.3) is 0 Å². The molecule has 2 N–H and O–H groups in total. The van der Waals surface area contributed by atoms with E-state index in [1.807, 2.05) is 38.1 Å². The van der Waals surface area contributed by atoms with Crippen LogP contribution >= 0.6 is 0 Å². The van der Waals surface area contributed by atoms with Crippen molar-refractivity contribution >= 4 is 18.0 Å². The number of amides is 2. The lowest BCUT2D eigenvalue weighted by Crippen LogP contribution is -2.58. The van der Waals surface area contributed by atoms with E-state index >= 15 is 0 Å². The topological polar surface area (TPSA) is 95.9 Å². The molecule has 0 aromatic heterocycles. The average molecular weight is 477 g/mol. The highest BCUT2D eigenvalue weighted by Crippen LogP contribution is 2.49. The Labute approximate surface area is 205 Å². The van der Waals surface area contributed by atoms with Crippen molar-refractivity contribution in [1.82, 2.24) is 10.2 Å². The lowest BCUT2D eigenvalue weighted by Gasteiger charge is -2.45. The Hall–Kier alpha value is -3.35. The maximum Gasteiger partial charge on any atom is 0.407 e. The minimum Gasteiger partial charge on any atom is -0.480 e. The molecule has 1 heterocycles. The molecule has 2 fully saturated rings. The van der Waals surface area contributed by atoms with Crippen molar-refractivity contribution in [2.75, 3.05) is 19.7 Å². The number of benzene rings is 2. The minimum atomic E-state index is -0.969. The van der Waals surface area contributed by atoms with Gasteiger partial charge in [0, 0.05) is 19.0 Å². The van der Waals surface area contributed by atoms with Crippen molar-refractivity contribution < 1.29 is 24.2 Å². The Morgan fingerprint density at radius 2 is 1.60 bits per heavy atom.